The molecule has 1 aromatic heterocycles. The lowest BCUT2D eigenvalue weighted by Crippen LogP contribution is -2.33. The number of hydrogen-bond acceptors (Lipinski definition) is 4. The minimum Gasteiger partial charge on any atom is -0.389 e. The van der Waals surface area contributed by atoms with E-state index in [1.54, 1.807) is 0 Å². The fourth-order valence-corrected chi connectivity index (χ4v) is 2.09. The highest BCUT2D eigenvalue weighted by molar-refractivity contribution is 7.80. The first-order chi connectivity index (χ1) is 9.31. The van der Waals surface area contributed by atoms with E-state index in [1.165, 1.54) is 0 Å². The van der Waals surface area contributed by atoms with Crippen molar-refractivity contribution in [2.75, 3.05) is 18.4 Å². The lowest BCUT2D eigenvalue weighted by molar-refractivity contribution is -0.119. The van der Waals surface area contributed by atoms with Gasteiger partial charge in [0.15, 0.2) is 0 Å². The van der Waals surface area contributed by atoms with Crippen LogP contribution in [0.15, 0.2) is 6.07 Å². The summed E-state index contributed by atoms with van der Waals surface area (Å²) in [6, 6.07) is 1.84. The Morgan fingerprint density at radius 1 is 1.45 bits per heavy atom. The summed E-state index contributed by atoms with van der Waals surface area (Å²) in [5.41, 5.74) is 8.79. The minimum absolute atomic E-state index is 0.0558. The molecule has 5 nitrogen and oxygen atoms in total. The van der Waals surface area contributed by atoms with Gasteiger partial charge in [0.1, 0.15) is 4.99 Å². The molecule has 110 valence electrons. The van der Waals surface area contributed by atoms with Gasteiger partial charge in [0, 0.05) is 23.6 Å². The predicted molar refractivity (Wildman–Crippen MR) is 85.9 cm³/mol. The van der Waals surface area contributed by atoms with Gasteiger partial charge in [-0.3, -0.25) is 9.78 Å². The lowest BCUT2D eigenvalue weighted by Gasteiger charge is -2.14. The van der Waals surface area contributed by atoms with E-state index in [0.29, 0.717) is 18.0 Å². The number of carbonyl (C=O) groups is 1. The number of carbonyl (C=O) groups excluding carboxylic acids is 1. The molecule has 0 aliphatic carbocycles. The molecular weight excluding hydrogens is 272 g/mol. The summed E-state index contributed by atoms with van der Waals surface area (Å²) in [5, 5.41) is 5.93. The number of thiocarbonyl (C=S) groups is 1. The second kappa shape index (κ2) is 7.19. The van der Waals surface area contributed by atoms with Crippen LogP contribution in [0, 0.1) is 19.8 Å². The molecule has 20 heavy (non-hydrogen) atoms. The molecule has 1 heterocycles. The third-order valence-electron chi connectivity index (χ3n) is 2.72. The van der Waals surface area contributed by atoms with Crippen LogP contribution in [0.25, 0.3) is 0 Å². The van der Waals surface area contributed by atoms with Crippen molar-refractivity contribution in [2.24, 2.45) is 11.7 Å². The smallest absolute Gasteiger partial charge is 0.239 e. The van der Waals surface area contributed by atoms with Crippen LogP contribution in [0.4, 0.5) is 5.69 Å². The standard InChI is InChI=1S/C14H22N4OS/c1-8(2)6-17-12(19)7-16-11-5-9(3)18-10(4)13(11)14(15)20/h5,8H,6-7H2,1-4H3,(H2,15,20)(H,16,18)(H,17,19). The maximum atomic E-state index is 11.7. The summed E-state index contributed by atoms with van der Waals surface area (Å²) in [6.45, 7) is 8.69. The molecule has 6 heteroatoms. The van der Waals surface area contributed by atoms with Crippen LogP contribution >= 0.6 is 12.2 Å². The third-order valence-corrected chi connectivity index (χ3v) is 2.93. The van der Waals surface area contributed by atoms with Gasteiger partial charge in [0.2, 0.25) is 5.91 Å². The molecule has 0 spiro atoms. The van der Waals surface area contributed by atoms with E-state index in [0.717, 1.165) is 17.1 Å². The first-order valence-electron chi connectivity index (χ1n) is 6.60. The number of pyridine rings is 1. The average molecular weight is 294 g/mol. The van der Waals surface area contributed by atoms with Crippen LogP contribution in [0.2, 0.25) is 0 Å². The first kappa shape index (κ1) is 16.4. The molecule has 0 aromatic carbocycles. The topological polar surface area (TPSA) is 80.0 Å². The minimum atomic E-state index is -0.0558. The number of nitrogens with one attached hydrogen (secondary N) is 2. The fourth-order valence-electron chi connectivity index (χ4n) is 1.84. The number of nitrogens with two attached hydrogens (primary N) is 1. The van der Waals surface area contributed by atoms with Gasteiger partial charge in [0.25, 0.3) is 0 Å². The van der Waals surface area contributed by atoms with Crippen molar-refractivity contribution in [3.63, 3.8) is 0 Å². The Bertz CT molecular complexity index is 514. The Balaban J connectivity index is 2.77. The van der Waals surface area contributed by atoms with E-state index in [1.807, 2.05) is 33.8 Å². The Kier molecular flexibility index (Phi) is 5.88. The molecule has 0 unspecified atom stereocenters. The highest BCUT2D eigenvalue weighted by Crippen LogP contribution is 2.19. The van der Waals surface area contributed by atoms with Crippen LogP contribution < -0.4 is 16.4 Å². The van der Waals surface area contributed by atoms with E-state index < -0.39 is 0 Å². The summed E-state index contributed by atoms with van der Waals surface area (Å²) in [7, 11) is 0. The molecule has 1 rings (SSSR count). The monoisotopic (exact) mass is 294 g/mol. The van der Waals surface area contributed by atoms with Crippen molar-refractivity contribution in [3.8, 4) is 0 Å². The molecule has 0 atom stereocenters. The number of nitrogens with zero attached hydrogens (tertiary/aromatic N) is 1. The van der Waals surface area contributed by atoms with Gasteiger partial charge in [-0.05, 0) is 25.8 Å². The highest BCUT2D eigenvalue weighted by Gasteiger charge is 2.12. The SMILES string of the molecule is Cc1cc(NCC(=O)NCC(C)C)c(C(N)=S)c(C)n1. The molecule has 0 saturated heterocycles. The van der Waals surface area contributed by atoms with E-state index in [9.17, 15) is 4.79 Å². The lowest BCUT2D eigenvalue weighted by atomic mass is 10.1. The van der Waals surface area contributed by atoms with Crippen molar-refractivity contribution in [3.05, 3.63) is 23.0 Å². The van der Waals surface area contributed by atoms with Gasteiger partial charge in [-0.15, -0.1) is 0 Å². The molecule has 0 bridgehead atoms. The zero-order valence-electron chi connectivity index (χ0n) is 12.4. The summed E-state index contributed by atoms with van der Waals surface area (Å²) in [6.07, 6.45) is 0. The van der Waals surface area contributed by atoms with Crippen LogP contribution in [0.5, 0.6) is 0 Å². The van der Waals surface area contributed by atoms with Gasteiger partial charge in [-0.25, -0.2) is 0 Å². The summed E-state index contributed by atoms with van der Waals surface area (Å²) >= 11 is 5.04. The van der Waals surface area contributed by atoms with Gasteiger partial charge in [0.05, 0.1) is 12.1 Å². The van der Waals surface area contributed by atoms with Crippen molar-refractivity contribution >= 4 is 28.8 Å². The molecule has 0 saturated carbocycles. The van der Waals surface area contributed by atoms with E-state index in [4.69, 9.17) is 18.0 Å². The molecule has 1 aromatic rings. The van der Waals surface area contributed by atoms with Gasteiger partial charge in [-0.2, -0.15) is 0 Å². The van der Waals surface area contributed by atoms with Crippen LogP contribution in [0.1, 0.15) is 30.8 Å². The van der Waals surface area contributed by atoms with Crippen molar-refractivity contribution < 1.29 is 4.79 Å². The molecule has 0 fully saturated rings. The Hall–Kier alpha value is -1.69. The summed E-state index contributed by atoms with van der Waals surface area (Å²) < 4.78 is 0. The third kappa shape index (κ3) is 4.77. The molecule has 1 amide bonds. The Labute approximate surface area is 125 Å². The number of anilines is 1. The molecule has 4 N–H and O–H groups in total. The zero-order chi connectivity index (χ0) is 15.3. The average Bonchev–Trinajstić information content (AvgIpc) is 2.32. The van der Waals surface area contributed by atoms with Gasteiger partial charge < -0.3 is 16.4 Å². The quantitative estimate of drug-likeness (QED) is 0.693. The Morgan fingerprint density at radius 2 is 2.10 bits per heavy atom. The van der Waals surface area contributed by atoms with Gasteiger partial charge in [-0.1, -0.05) is 26.1 Å². The van der Waals surface area contributed by atoms with Crippen molar-refractivity contribution in [2.45, 2.75) is 27.7 Å². The predicted octanol–water partition coefficient (Wildman–Crippen LogP) is 1.52. The van der Waals surface area contributed by atoms with Crippen LogP contribution in [-0.4, -0.2) is 29.0 Å². The zero-order valence-corrected chi connectivity index (χ0v) is 13.2. The molecule has 0 radical (unpaired) electrons. The largest absolute Gasteiger partial charge is 0.389 e. The summed E-state index contributed by atoms with van der Waals surface area (Å²) in [5.74, 6) is 0.372. The van der Waals surface area contributed by atoms with Gasteiger partial charge >= 0.3 is 0 Å². The first-order valence-corrected chi connectivity index (χ1v) is 7.00. The normalized spacial score (nSPS) is 10.4. The fraction of sp³-hybridized carbons (Fsp3) is 0.500. The summed E-state index contributed by atoms with van der Waals surface area (Å²) in [4.78, 5) is 16.3. The second-order valence-electron chi connectivity index (χ2n) is 5.19. The number of aromatic nitrogens is 1. The maximum absolute atomic E-state index is 11.7. The van der Waals surface area contributed by atoms with Crippen LogP contribution in [-0.2, 0) is 4.79 Å². The van der Waals surface area contributed by atoms with E-state index in [-0.39, 0.29) is 17.4 Å². The molecular formula is C14H22N4OS. The highest BCUT2D eigenvalue weighted by atomic mass is 32.1. The van der Waals surface area contributed by atoms with Crippen LogP contribution in [0.3, 0.4) is 0 Å². The second-order valence-corrected chi connectivity index (χ2v) is 5.63. The number of amides is 1. The van der Waals surface area contributed by atoms with E-state index in [2.05, 4.69) is 15.6 Å². The van der Waals surface area contributed by atoms with Crippen molar-refractivity contribution in [1.29, 1.82) is 0 Å². The number of rotatable bonds is 6. The number of hydrogen-bond donors (Lipinski definition) is 3. The van der Waals surface area contributed by atoms with E-state index >= 15 is 0 Å². The Morgan fingerprint density at radius 3 is 2.65 bits per heavy atom. The number of aryl methyl sites for hydroxylation is 2. The van der Waals surface area contributed by atoms with Crippen molar-refractivity contribution in [1.82, 2.24) is 10.3 Å². The maximum Gasteiger partial charge on any atom is 0.239 e. The molecule has 0 aliphatic heterocycles. The molecule has 0 aliphatic rings.